The highest BCUT2D eigenvalue weighted by molar-refractivity contribution is 8.10. The summed E-state index contributed by atoms with van der Waals surface area (Å²) in [6, 6.07) is -0.790. The van der Waals surface area contributed by atoms with Gasteiger partial charge in [0.05, 0.1) is 0 Å². The summed E-state index contributed by atoms with van der Waals surface area (Å²) >= 11 is 4.51. The number of carbonyl (C=O) groups excluding carboxylic acids is 2. The summed E-state index contributed by atoms with van der Waals surface area (Å²) in [6.45, 7) is 1.85. The second-order valence-electron chi connectivity index (χ2n) is 5.57. The van der Waals surface area contributed by atoms with Crippen molar-refractivity contribution in [2.75, 3.05) is 18.6 Å². The summed E-state index contributed by atoms with van der Waals surface area (Å²) in [5, 5.41) is 17.1. The lowest BCUT2D eigenvalue weighted by Crippen LogP contribution is -2.71. The predicted octanol–water partition coefficient (Wildman–Crippen LogP) is 1.07. The molecular formula is C15H17N3O5S3. The molecule has 0 aliphatic carbocycles. The van der Waals surface area contributed by atoms with Crippen molar-refractivity contribution in [2.24, 2.45) is 5.16 Å². The molecule has 11 heteroatoms. The van der Waals surface area contributed by atoms with Crippen LogP contribution in [-0.4, -0.2) is 68.8 Å². The normalized spacial score (nSPS) is 28.4. The van der Waals surface area contributed by atoms with Crippen LogP contribution in [0.4, 0.5) is 0 Å². The zero-order valence-corrected chi connectivity index (χ0v) is 16.4. The molecule has 0 aromatic heterocycles. The van der Waals surface area contributed by atoms with Crippen molar-refractivity contribution in [3.63, 3.8) is 0 Å². The summed E-state index contributed by atoms with van der Waals surface area (Å²) in [6.07, 6.45) is 1.54. The standard InChI is InChI=1S/C15H17N3O5S3/c1-7-5-8(15(21)22)18-13(20)11(14(18)26-7)16-12(19)10(17-23-2)9-6-24-3-4-25-9/h5-7,11,14H,3-4H2,1-2H3,(H,16,19)(H,21,22)/b17-10-/t7?,11?,14-/m1/s1. The van der Waals surface area contributed by atoms with Gasteiger partial charge in [-0.3, -0.25) is 14.5 Å². The van der Waals surface area contributed by atoms with E-state index in [4.69, 9.17) is 4.84 Å². The third-order valence-electron chi connectivity index (χ3n) is 3.84. The fraction of sp³-hybridized carbons (Fsp3) is 0.467. The Bertz CT molecular complexity index is 736. The molecule has 2 unspecified atom stereocenters. The number of β-lactam (4-membered cyclic amide) rings is 1. The Morgan fingerprint density at radius 2 is 2.19 bits per heavy atom. The summed E-state index contributed by atoms with van der Waals surface area (Å²) in [5.41, 5.74) is 0.0864. The third-order valence-corrected chi connectivity index (χ3v) is 7.44. The van der Waals surface area contributed by atoms with Crippen LogP contribution in [0.25, 0.3) is 0 Å². The molecule has 0 aromatic carbocycles. The van der Waals surface area contributed by atoms with E-state index in [1.807, 2.05) is 12.3 Å². The molecule has 3 atom stereocenters. The summed E-state index contributed by atoms with van der Waals surface area (Å²) in [5.74, 6) is -0.292. The topological polar surface area (TPSA) is 108 Å². The number of carboxylic acid groups (broad SMARTS) is 1. The Labute approximate surface area is 162 Å². The van der Waals surface area contributed by atoms with Crippen LogP contribution in [-0.2, 0) is 19.2 Å². The van der Waals surface area contributed by atoms with Crippen molar-refractivity contribution < 1.29 is 24.3 Å². The molecule has 0 saturated carbocycles. The molecule has 2 amide bonds. The average molecular weight is 416 g/mol. The number of hydrogen-bond acceptors (Lipinski definition) is 8. The lowest BCUT2D eigenvalue weighted by molar-refractivity contribution is -0.150. The number of carboxylic acids is 1. The van der Waals surface area contributed by atoms with Gasteiger partial charge in [0.2, 0.25) is 0 Å². The lowest BCUT2D eigenvalue weighted by atomic mass is 10.0. The average Bonchev–Trinajstić information content (AvgIpc) is 2.63. The number of fused-ring (bicyclic) bond motifs is 1. The van der Waals surface area contributed by atoms with Gasteiger partial charge in [0.25, 0.3) is 11.8 Å². The minimum Gasteiger partial charge on any atom is -0.477 e. The van der Waals surface area contributed by atoms with Crippen LogP contribution in [0, 0.1) is 0 Å². The Hall–Kier alpha value is -1.59. The molecule has 26 heavy (non-hydrogen) atoms. The Kier molecular flexibility index (Phi) is 5.88. The number of hydrogen-bond donors (Lipinski definition) is 2. The van der Waals surface area contributed by atoms with Crippen LogP contribution in [0.2, 0.25) is 0 Å². The molecule has 2 N–H and O–H groups in total. The molecule has 1 saturated heterocycles. The molecule has 140 valence electrons. The zero-order valence-electron chi connectivity index (χ0n) is 14.0. The highest BCUT2D eigenvalue weighted by Gasteiger charge is 2.54. The molecule has 1 fully saturated rings. The van der Waals surface area contributed by atoms with Crippen LogP contribution in [0.3, 0.4) is 0 Å². The molecule has 0 aromatic rings. The van der Waals surface area contributed by atoms with Gasteiger partial charge in [-0.15, -0.1) is 35.3 Å². The van der Waals surface area contributed by atoms with Crippen molar-refractivity contribution in [1.29, 1.82) is 0 Å². The molecule has 0 spiro atoms. The number of rotatable bonds is 5. The first-order chi connectivity index (χ1) is 12.4. The Balaban J connectivity index is 1.75. The maximum absolute atomic E-state index is 12.7. The van der Waals surface area contributed by atoms with Crippen LogP contribution < -0.4 is 5.32 Å². The fourth-order valence-corrected chi connectivity index (χ4v) is 6.11. The van der Waals surface area contributed by atoms with Crippen LogP contribution >= 0.6 is 35.3 Å². The maximum atomic E-state index is 12.7. The van der Waals surface area contributed by atoms with E-state index < -0.39 is 29.2 Å². The van der Waals surface area contributed by atoms with E-state index in [0.717, 1.165) is 11.5 Å². The minimum atomic E-state index is -1.15. The zero-order chi connectivity index (χ0) is 18.8. The van der Waals surface area contributed by atoms with E-state index in [1.54, 1.807) is 11.8 Å². The molecule has 3 heterocycles. The third kappa shape index (κ3) is 3.60. The van der Waals surface area contributed by atoms with Gasteiger partial charge in [0.1, 0.15) is 24.2 Å². The predicted molar refractivity (Wildman–Crippen MR) is 103 cm³/mol. The molecule has 3 aliphatic heterocycles. The summed E-state index contributed by atoms with van der Waals surface area (Å²) in [7, 11) is 1.35. The highest BCUT2D eigenvalue weighted by Crippen LogP contribution is 2.40. The Morgan fingerprint density at radius 3 is 2.81 bits per heavy atom. The largest absolute Gasteiger partial charge is 0.477 e. The number of nitrogens with one attached hydrogen (secondary N) is 1. The van der Waals surface area contributed by atoms with Gasteiger partial charge >= 0.3 is 5.97 Å². The van der Waals surface area contributed by atoms with Gasteiger partial charge in [-0.1, -0.05) is 5.16 Å². The van der Waals surface area contributed by atoms with Crippen molar-refractivity contribution in [3.05, 3.63) is 22.1 Å². The van der Waals surface area contributed by atoms with Gasteiger partial charge in [-0.2, -0.15) is 0 Å². The maximum Gasteiger partial charge on any atom is 0.352 e. The monoisotopic (exact) mass is 415 g/mol. The molecule has 0 bridgehead atoms. The van der Waals surface area contributed by atoms with E-state index >= 15 is 0 Å². The van der Waals surface area contributed by atoms with Crippen molar-refractivity contribution in [1.82, 2.24) is 10.2 Å². The first-order valence-corrected chi connectivity index (χ1v) is 10.7. The number of amides is 2. The minimum absolute atomic E-state index is 0.0375. The number of nitrogens with zero attached hydrogens (tertiary/aromatic N) is 2. The fourth-order valence-electron chi connectivity index (χ4n) is 2.72. The van der Waals surface area contributed by atoms with E-state index in [-0.39, 0.29) is 16.7 Å². The molecule has 8 nitrogen and oxygen atoms in total. The van der Waals surface area contributed by atoms with E-state index in [9.17, 15) is 19.5 Å². The quantitative estimate of drug-likeness (QED) is 0.390. The van der Waals surface area contributed by atoms with Gasteiger partial charge in [0, 0.05) is 21.7 Å². The molecular weight excluding hydrogens is 398 g/mol. The van der Waals surface area contributed by atoms with Crippen molar-refractivity contribution >= 4 is 58.8 Å². The van der Waals surface area contributed by atoms with E-state index in [1.165, 1.54) is 41.6 Å². The molecule has 0 radical (unpaired) electrons. The number of oxime groups is 1. The van der Waals surface area contributed by atoms with Gasteiger partial charge in [0.15, 0.2) is 5.71 Å². The second-order valence-corrected chi connectivity index (χ2v) is 9.18. The van der Waals surface area contributed by atoms with Crippen molar-refractivity contribution in [3.8, 4) is 0 Å². The number of carbonyl (C=O) groups is 3. The number of thioether (sulfide) groups is 3. The van der Waals surface area contributed by atoms with Crippen LogP contribution in [0.5, 0.6) is 0 Å². The molecule has 3 aliphatic rings. The number of aliphatic carboxylic acids is 1. The van der Waals surface area contributed by atoms with Crippen molar-refractivity contribution in [2.45, 2.75) is 23.6 Å². The van der Waals surface area contributed by atoms with E-state index in [0.29, 0.717) is 4.91 Å². The first-order valence-electron chi connectivity index (χ1n) is 7.74. The highest BCUT2D eigenvalue weighted by atomic mass is 32.2. The van der Waals surface area contributed by atoms with Gasteiger partial charge in [-0.05, 0) is 18.4 Å². The second kappa shape index (κ2) is 7.97. The summed E-state index contributed by atoms with van der Waals surface area (Å²) in [4.78, 5) is 43.1. The molecule has 3 rings (SSSR count). The van der Waals surface area contributed by atoms with Gasteiger partial charge < -0.3 is 15.3 Å². The Morgan fingerprint density at radius 1 is 1.42 bits per heavy atom. The lowest BCUT2D eigenvalue weighted by Gasteiger charge is -2.49. The van der Waals surface area contributed by atoms with E-state index in [2.05, 4.69) is 10.5 Å². The smallest absolute Gasteiger partial charge is 0.352 e. The van der Waals surface area contributed by atoms with Crippen LogP contribution in [0.1, 0.15) is 6.92 Å². The SMILES string of the molecule is CO/N=C(\C(=O)NC1C(=O)N2C(C(=O)O)=CC(C)S[C@H]12)C1=CSCCS1. The first kappa shape index (κ1) is 19.2. The summed E-state index contributed by atoms with van der Waals surface area (Å²) < 4.78 is 0. The van der Waals surface area contributed by atoms with Gasteiger partial charge in [-0.25, -0.2) is 4.79 Å². The van der Waals surface area contributed by atoms with Crippen LogP contribution in [0.15, 0.2) is 27.2 Å².